The third kappa shape index (κ3) is 4.03. The highest BCUT2D eigenvalue weighted by atomic mass is 19.3. The zero-order valence-electron chi connectivity index (χ0n) is 10.4. The van der Waals surface area contributed by atoms with E-state index in [1.165, 1.54) is 12.5 Å². The molecule has 1 saturated heterocycles. The minimum atomic E-state index is -2.40. The molecule has 1 aliphatic heterocycles. The minimum absolute atomic E-state index is 0.0863. The molecule has 0 spiro atoms. The van der Waals surface area contributed by atoms with E-state index in [1.54, 1.807) is 12.1 Å². The topological polar surface area (TPSA) is 21.3 Å². The largest absolute Gasteiger partial charge is 0.377 e. The van der Waals surface area contributed by atoms with Gasteiger partial charge in [0, 0.05) is 25.3 Å². The Balaban J connectivity index is 1.77. The van der Waals surface area contributed by atoms with E-state index in [1.807, 2.05) is 6.07 Å². The van der Waals surface area contributed by atoms with E-state index in [4.69, 9.17) is 4.74 Å². The summed E-state index contributed by atoms with van der Waals surface area (Å²) in [5, 5.41) is 3.27. The highest BCUT2D eigenvalue weighted by Gasteiger charge is 2.13. The lowest BCUT2D eigenvalue weighted by atomic mass is 10.1. The van der Waals surface area contributed by atoms with Crippen molar-refractivity contribution >= 4 is 0 Å². The first-order chi connectivity index (χ1) is 8.75. The third-order valence-electron chi connectivity index (χ3n) is 3.18. The van der Waals surface area contributed by atoms with Crippen molar-refractivity contribution in [1.29, 1.82) is 0 Å². The Kier molecular flexibility index (Phi) is 5.08. The molecule has 2 rings (SSSR count). The average Bonchev–Trinajstić information content (AvgIpc) is 2.40. The molecule has 0 amide bonds. The van der Waals surface area contributed by atoms with E-state index >= 15 is 0 Å². The van der Waals surface area contributed by atoms with Gasteiger partial charge in [0.1, 0.15) is 0 Å². The molecule has 0 saturated carbocycles. The second kappa shape index (κ2) is 6.81. The molecule has 100 valence electrons. The van der Waals surface area contributed by atoms with Gasteiger partial charge in [-0.25, -0.2) is 8.78 Å². The lowest BCUT2D eigenvalue weighted by Gasteiger charge is -2.22. The number of hydrogen-bond acceptors (Lipinski definition) is 2. The highest BCUT2D eigenvalue weighted by Crippen LogP contribution is 2.19. The molecule has 0 bridgehead atoms. The van der Waals surface area contributed by atoms with Gasteiger partial charge in [-0.1, -0.05) is 18.2 Å². The minimum Gasteiger partial charge on any atom is -0.377 e. The van der Waals surface area contributed by atoms with E-state index in [2.05, 4.69) is 5.32 Å². The molecule has 0 aliphatic carbocycles. The summed E-state index contributed by atoms with van der Waals surface area (Å²) in [7, 11) is 0. The van der Waals surface area contributed by atoms with Gasteiger partial charge in [-0.3, -0.25) is 0 Å². The molecule has 0 radical (unpaired) electrons. The second-order valence-corrected chi connectivity index (χ2v) is 4.67. The molecule has 18 heavy (non-hydrogen) atoms. The molecule has 1 aromatic carbocycles. The summed E-state index contributed by atoms with van der Waals surface area (Å²) in [6, 6.07) is 6.55. The van der Waals surface area contributed by atoms with Crippen LogP contribution in [0.25, 0.3) is 0 Å². The van der Waals surface area contributed by atoms with Crippen molar-refractivity contribution in [3.05, 3.63) is 35.4 Å². The second-order valence-electron chi connectivity index (χ2n) is 4.67. The van der Waals surface area contributed by atoms with Crippen molar-refractivity contribution in [3.63, 3.8) is 0 Å². The van der Waals surface area contributed by atoms with Gasteiger partial charge in [-0.05, 0) is 30.9 Å². The maximum Gasteiger partial charge on any atom is 0.263 e. The van der Waals surface area contributed by atoms with Gasteiger partial charge in [0.25, 0.3) is 6.43 Å². The Labute approximate surface area is 106 Å². The van der Waals surface area contributed by atoms with Gasteiger partial charge in [0.05, 0.1) is 6.10 Å². The van der Waals surface area contributed by atoms with Gasteiger partial charge in [0.2, 0.25) is 0 Å². The Morgan fingerprint density at radius 1 is 1.33 bits per heavy atom. The quantitative estimate of drug-likeness (QED) is 0.871. The van der Waals surface area contributed by atoms with Gasteiger partial charge in [-0.15, -0.1) is 0 Å². The van der Waals surface area contributed by atoms with Gasteiger partial charge < -0.3 is 10.1 Å². The van der Waals surface area contributed by atoms with Crippen molar-refractivity contribution < 1.29 is 13.5 Å². The van der Waals surface area contributed by atoms with Crippen molar-refractivity contribution in [3.8, 4) is 0 Å². The zero-order valence-corrected chi connectivity index (χ0v) is 10.4. The number of benzene rings is 1. The fourth-order valence-electron chi connectivity index (χ4n) is 2.18. The maximum atomic E-state index is 12.5. The van der Waals surface area contributed by atoms with E-state index in [0.717, 1.165) is 31.6 Å². The molecular formula is C14H19F2NO. The monoisotopic (exact) mass is 255 g/mol. The maximum absolute atomic E-state index is 12.5. The van der Waals surface area contributed by atoms with Crippen LogP contribution in [-0.2, 0) is 11.3 Å². The first kappa shape index (κ1) is 13.4. The van der Waals surface area contributed by atoms with Gasteiger partial charge >= 0.3 is 0 Å². The predicted molar refractivity (Wildman–Crippen MR) is 66.7 cm³/mol. The number of alkyl halides is 2. The van der Waals surface area contributed by atoms with E-state index in [9.17, 15) is 8.78 Å². The molecule has 1 N–H and O–H groups in total. The molecule has 1 aromatic rings. The van der Waals surface area contributed by atoms with E-state index < -0.39 is 6.43 Å². The summed E-state index contributed by atoms with van der Waals surface area (Å²) < 4.78 is 30.6. The van der Waals surface area contributed by atoms with E-state index in [-0.39, 0.29) is 11.7 Å². The molecule has 1 aliphatic rings. The fraction of sp³-hybridized carbons (Fsp3) is 0.571. The van der Waals surface area contributed by atoms with Crippen molar-refractivity contribution in [2.75, 3.05) is 13.2 Å². The van der Waals surface area contributed by atoms with E-state index in [0.29, 0.717) is 6.54 Å². The highest BCUT2D eigenvalue weighted by molar-refractivity contribution is 5.24. The molecule has 1 heterocycles. The Morgan fingerprint density at radius 2 is 2.22 bits per heavy atom. The third-order valence-corrected chi connectivity index (χ3v) is 3.18. The summed E-state index contributed by atoms with van der Waals surface area (Å²) >= 11 is 0. The Bertz CT molecular complexity index is 365. The number of hydrogen-bond donors (Lipinski definition) is 1. The van der Waals surface area contributed by atoms with Crippen LogP contribution in [0.1, 0.15) is 36.8 Å². The molecule has 1 unspecified atom stereocenters. The van der Waals surface area contributed by atoms with Crippen LogP contribution < -0.4 is 5.32 Å². The fourth-order valence-corrected chi connectivity index (χ4v) is 2.18. The number of ether oxygens (including phenoxy) is 1. The summed E-state index contributed by atoms with van der Waals surface area (Å²) in [4.78, 5) is 0. The lowest BCUT2D eigenvalue weighted by molar-refractivity contribution is 0.0168. The Morgan fingerprint density at radius 3 is 2.94 bits per heavy atom. The number of halogens is 2. The number of nitrogens with one attached hydrogen (secondary N) is 1. The van der Waals surface area contributed by atoms with Crippen LogP contribution in [0.4, 0.5) is 8.78 Å². The number of rotatable bonds is 5. The molecule has 1 fully saturated rings. The van der Waals surface area contributed by atoms with Crippen LogP contribution in [0.2, 0.25) is 0 Å². The smallest absolute Gasteiger partial charge is 0.263 e. The normalized spacial score (nSPS) is 20.3. The summed E-state index contributed by atoms with van der Waals surface area (Å²) in [5.41, 5.74) is 0.979. The first-order valence-corrected chi connectivity index (χ1v) is 6.45. The lowest BCUT2D eigenvalue weighted by Crippen LogP contribution is -2.31. The summed E-state index contributed by atoms with van der Waals surface area (Å²) in [6.45, 7) is 2.24. The van der Waals surface area contributed by atoms with Crippen LogP contribution in [-0.4, -0.2) is 19.3 Å². The summed E-state index contributed by atoms with van der Waals surface area (Å²) in [5.74, 6) is 0. The van der Waals surface area contributed by atoms with Crippen LogP contribution >= 0.6 is 0 Å². The SMILES string of the molecule is FC(F)c1cccc(CNCC2CCCCO2)c1. The summed E-state index contributed by atoms with van der Waals surface area (Å²) in [6.07, 6.45) is 1.33. The molecular weight excluding hydrogens is 236 g/mol. The van der Waals surface area contributed by atoms with Crippen LogP contribution in [0, 0.1) is 0 Å². The molecule has 0 aromatic heterocycles. The van der Waals surface area contributed by atoms with Crippen molar-refractivity contribution in [2.24, 2.45) is 0 Å². The van der Waals surface area contributed by atoms with Crippen LogP contribution in [0.5, 0.6) is 0 Å². The van der Waals surface area contributed by atoms with Crippen LogP contribution in [0.15, 0.2) is 24.3 Å². The average molecular weight is 255 g/mol. The van der Waals surface area contributed by atoms with Gasteiger partial charge in [-0.2, -0.15) is 0 Å². The molecule has 4 heteroatoms. The first-order valence-electron chi connectivity index (χ1n) is 6.45. The molecule has 2 nitrogen and oxygen atoms in total. The van der Waals surface area contributed by atoms with Crippen molar-refractivity contribution in [2.45, 2.75) is 38.3 Å². The predicted octanol–water partition coefficient (Wildman–Crippen LogP) is 3.28. The zero-order chi connectivity index (χ0) is 12.8. The van der Waals surface area contributed by atoms with Crippen LogP contribution in [0.3, 0.4) is 0 Å². The van der Waals surface area contributed by atoms with Gasteiger partial charge in [0.15, 0.2) is 0 Å². The standard InChI is InChI=1S/C14H19F2NO/c15-14(16)12-5-3-4-11(8-12)9-17-10-13-6-1-2-7-18-13/h3-5,8,13-14,17H,1-2,6-7,9-10H2. The van der Waals surface area contributed by atoms with Crippen molar-refractivity contribution in [1.82, 2.24) is 5.32 Å². The Hall–Kier alpha value is -1.00. The molecule has 1 atom stereocenters.